The first-order chi connectivity index (χ1) is 10.0. The lowest BCUT2D eigenvalue weighted by molar-refractivity contribution is -0.384. The maximum atomic E-state index is 11.1. The van der Waals surface area contributed by atoms with E-state index in [1.165, 1.54) is 19.2 Å². The Kier molecular flexibility index (Phi) is 4.46. The molecule has 1 aliphatic rings. The molecule has 0 aliphatic carbocycles. The number of hydrogen-bond donors (Lipinski definition) is 2. The smallest absolute Gasteiger partial charge is 0.314 e. The Morgan fingerprint density at radius 2 is 2.14 bits per heavy atom. The highest BCUT2D eigenvalue weighted by Crippen LogP contribution is 2.30. The van der Waals surface area contributed by atoms with E-state index in [0.717, 1.165) is 12.8 Å². The lowest BCUT2D eigenvalue weighted by Crippen LogP contribution is -2.44. The van der Waals surface area contributed by atoms with Gasteiger partial charge in [-0.05, 0) is 18.9 Å². The highest BCUT2D eigenvalue weighted by atomic mass is 16.6. The number of nitrogens with two attached hydrogens (primary N) is 1. The van der Waals surface area contributed by atoms with Gasteiger partial charge in [0.2, 0.25) is 0 Å². The summed E-state index contributed by atoms with van der Waals surface area (Å²) in [5.41, 5.74) is 5.93. The molecule has 0 unspecified atom stereocenters. The number of benzene rings is 1. The van der Waals surface area contributed by atoms with Crippen LogP contribution in [0.1, 0.15) is 12.8 Å². The molecule has 114 valence electrons. The van der Waals surface area contributed by atoms with E-state index >= 15 is 0 Å². The summed E-state index contributed by atoms with van der Waals surface area (Å²) >= 11 is 0. The zero-order valence-corrected chi connectivity index (χ0v) is 11.7. The predicted molar refractivity (Wildman–Crippen MR) is 77.4 cm³/mol. The van der Waals surface area contributed by atoms with Gasteiger partial charge in [-0.3, -0.25) is 10.1 Å². The van der Waals surface area contributed by atoms with E-state index in [1.54, 1.807) is 11.0 Å². The third kappa shape index (κ3) is 3.53. The molecule has 0 radical (unpaired) electrons. The molecule has 8 nitrogen and oxygen atoms in total. The lowest BCUT2D eigenvalue weighted by Gasteiger charge is -2.32. The van der Waals surface area contributed by atoms with Crippen LogP contribution in [0.25, 0.3) is 0 Å². The summed E-state index contributed by atoms with van der Waals surface area (Å²) in [6, 6.07) is 4.24. The highest BCUT2D eigenvalue weighted by molar-refractivity contribution is 5.72. The molecule has 1 saturated heterocycles. The van der Waals surface area contributed by atoms with Crippen LogP contribution in [0.5, 0.6) is 5.75 Å². The number of nitro groups is 1. The first-order valence-corrected chi connectivity index (χ1v) is 6.64. The van der Waals surface area contributed by atoms with Crippen molar-refractivity contribution in [2.24, 2.45) is 5.73 Å². The zero-order valence-electron chi connectivity index (χ0n) is 11.7. The highest BCUT2D eigenvalue weighted by Gasteiger charge is 2.22. The van der Waals surface area contributed by atoms with Crippen molar-refractivity contribution in [3.8, 4) is 5.75 Å². The number of nitrogens with one attached hydrogen (secondary N) is 1. The fourth-order valence-electron chi connectivity index (χ4n) is 2.38. The molecule has 3 N–H and O–H groups in total. The van der Waals surface area contributed by atoms with Gasteiger partial charge in [-0.15, -0.1) is 0 Å². The van der Waals surface area contributed by atoms with E-state index in [4.69, 9.17) is 10.5 Å². The normalized spacial score (nSPS) is 15.6. The molecule has 0 spiro atoms. The average Bonchev–Trinajstić information content (AvgIpc) is 2.48. The molecular formula is C13H18N4O4. The molecule has 1 heterocycles. The summed E-state index contributed by atoms with van der Waals surface area (Å²) in [6.45, 7) is 1.20. The molecule has 0 bridgehead atoms. The number of carbonyl (C=O) groups is 1. The summed E-state index contributed by atoms with van der Waals surface area (Å²) in [7, 11) is 1.47. The van der Waals surface area contributed by atoms with Gasteiger partial charge in [-0.25, -0.2) is 4.79 Å². The van der Waals surface area contributed by atoms with Crippen molar-refractivity contribution >= 4 is 17.4 Å². The molecule has 0 saturated carbocycles. The van der Waals surface area contributed by atoms with Gasteiger partial charge in [0.05, 0.1) is 23.8 Å². The summed E-state index contributed by atoms with van der Waals surface area (Å²) in [6.07, 6.45) is 1.53. The van der Waals surface area contributed by atoms with Crippen molar-refractivity contribution in [2.45, 2.75) is 18.9 Å². The van der Waals surface area contributed by atoms with Gasteiger partial charge in [0, 0.05) is 25.2 Å². The van der Waals surface area contributed by atoms with Gasteiger partial charge in [0.25, 0.3) is 5.69 Å². The van der Waals surface area contributed by atoms with E-state index in [0.29, 0.717) is 24.5 Å². The minimum Gasteiger partial charge on any atom is -0.494 e. The van der Waals surface area contributed by atoms with Crippen molar-refractivity contribution in [1.82, 2.24) is 4.90 Å². The van der Waals surface area contributed by atoms with Gasteiger partial charge in [0.1, 0.15) is 5.75 Å². The van der Waals surface area contributed by atoms with E-state index in [1.807, 2.05) is 0 Å². The number of carbonyl (C=O) groups excluding carboxylic acids is 1. The molecule has 2 rings (SSSR count). The second-order valence-corrected chi connectivity index (χ2v) is 4.89. The van der Waals surface area contributed by atoms with Crippen LogP contribution in [0.4, 0.5) is 16.2 Å². The van der Waals surface area contributed by atoms with Gasteiger partial charge < -0.3 is 20.7 Å². The Morgan fingerprint density at radius 3 is 2.67 bits per heavy atom. The van der Waals surface area contributed by atoms with Gasteiger partial charge in [-0.1, -0.05) is 0 Å². The van der Waals surface area contributed by atoms with Crippen molar-refractivity contribution < 1.29 is 14.5 Å². The minimum absolute atomic E-state index is 0.0130. The quantitative estimate of drug-likeness (QED) is 0.646. The largest absolute Gasteiger partial charge is 0.494 e. The summed E-state index contributed by atoms with van der Waals surface area (Å²) in [5.74, 6) is 0.432. The predicted octanol–water partition coefficient (Wildman–Crippen LogP) is 1.56. The number of likely N-dealkylation sites (tertiary alicyclic amines) is 1. The average molecular weight is 294 g/mol. The maximum Gasteiger partial charge on any atom is 0.314 e. The van der Waals surface area contributed by atoms with Gasteiger partial charge in [0.15, 0.2) is 0 Å². The number of nitrogens with zero attached hydrogens (tertiary/aromatic N) is 2. The Bertz CT molecular complexity index is 541. The fourth-order valence-corrected chi connectivity index (χ4v) is 2.38. The zero-order chi connectivity index (χ0) is 15.4. The Hall–Kier alpha value is -2.51. The molecular weight excluding hydrogens is 276 g/mol. The van der Waals surface area contributed by atoms with E-state index in [-0.39, 0.29) is 11.7 Å². The minimum atomic E-state index is -0.461. The molecule has 1 aromatic carbocycles. The van der Waals surface area contributed by atoms with Crippen molar-refractivity contribution in [1.29, 1.82) is 0 Å². The van der Waals surface area contributed by atoms with Crippen LogP contribution < -0.4 is 15.8 Å². The van der Waals surface area contributed by atoms with Crippen LogP contribution >= 0.6 is 0 Å². The van der Waals surface area contributed by atoms with Crippen LogP contribution in [-0.4, -0.2) is 42.1 Å². The Balaban J connectivity index is 2.03. The van der Waals surface area contributed by atoms with Crippen molar-refractivity contribution in [3.05, 3.63) is 28.3 Å². The topological polar surface area (TPSA) is 111 Å². The molecule has 1 aliphatic heterocycles. The standard InChI is InChI=1S/C13H18N4O4/c1-21-12-8-10(17(19)20)2-3-11(12)15-9-4-6-16(7-5-9)13(14)18/h2-3,8-9,15H,4-7H2,1H3,(H2,14,18). The number of urea groups is 1. The second-order valence-electron chi connectivity index (χ2n) is 4.89. The first kappa shape index (κ1) is 14.9. The number of nitro benzene ring substituents is 1. The summed E-state index contributed by atoms with van der Waals surface area (Å²) < 4.78 is 5.19. The van der Waals surface area contributed by atoms with Crippen molar-refractivity contribution in [3.63, 3.8) is 0 Å². The van der Waals surface area contributed by atoms with E-state index in [2.05, 4.69) is 5.32 Å². The lowest BCUT2D eigenvalue weighted by atomic mass is 10.0. The number of rotatable bonds is 4. The Labute approximate surface area is 122 Å². The number of hydrogen-bond acceptors (Lipinski definition) is 5. The molecule has 0 atom stereocenters. The van der Waals surface area contributed by atoms with Crippen LogP contribution in [0.3, 0.4) is 0 Å². The van der Waals surface area contributed by atoms with E-state index < -0.39 is 11.0 Å². The van der Waals surface area contributed by atoms with Crippen molar-refractivity contribution in [2.75, 3.05) is 25.5 Å². The van der Waals surface area contributed by atoms with Crippen LogP contribution in [0.15, 0.2) is 18.2 Å². The SMILES string of the molecule is COc1cc([N+](=O)[O-])ccc1NC1CCN(C(N)=O)CC1. The molecule has 0 aromatic heterocycles. The van der Waals surface area contributed by atoms with Crippen LogP contribution in [0, 0.1) is 10.1 Å². The van der Waals surface area contributed by atoms with Gasteiger partial charge >= 0.3 is 6.03 Å². The monoisotopic (exact) mass is 294 g/mol. The molecule has 8 heteroatoms. The number of non-ortho nitro benzene ring substituents is 1. The Morgan fingerprint density at radius 1 is 1.48 bits per heavy atom. The number of amides is 2. The molecule has 1 aromatic rings. The fraction of sp³-hybridized carbons (Fsp3) is 0.462. The molecule has 2 amide bonds. The molecule has 21 heavy (non-hydrogen) atoms. The van der Waals surface area contributed by atoms with Gasteiger partial charge in [-0.2, -0.15) is 0 Å². The van der Waals surface area contributed by atoms with Crippen LogP contribution in [0.2, 0.25) is 0 Å². The number of primary amides is 1. The number of methoxy groups -OCH3 is 1. The maximum absolute atomic E-state index is 11.1. The number of anilines is 1. The third-order valence-electron chi connectivity index (χ3n) is 3.56. The summed E-state index contributed by atoms with van der Waals surface area (Å²) in [4.78, 5) is 23.0. The number of piperidine rings is 1. The number of ether oxygens (including phenoxy) is 1. The van der Waals surface area contributed by atoms with Crippen LogP contribution in [-0.2, 0) is 0 Å². The van der Waals surface area contributed by atoms with E-state index in [9.17, 15) is 14.9 Å². The first-order valence-electron chi connectivity index (χ1n) is 6.64. The third-order valence-corrected chi connectivity index (χ3v) is 3.56. The second kappa shape index (κ2) is 6.29. The molecule has 1 fully saturated rings. The summed E-state index contributed by atoms with van der Waals surface area (Å²) in [5, 5.41) is 14.1.